The van der Waals surface area contributed by atoms with Gasteiger partial charge in [0.1, 0.15) is 0 Å². The number of ether oxygens (including phenoxy) is 1. The summed E-state index contributed by atoms with van der Waals surface area (Å²) in [5.41, 5.74) is 2.03. The zero-order valence-corrected chi connectivity index (χ0v) is 16.4. The molecule has 1 amide bonds. The second kappa shape index (κ2) is 8.80. The number of likely N-dealkylation sites (tertiary alicyclic amines) is 1. The van der Waals surface area contributed by atoms with Gasteiger partial charge >= 0.3 is 0 Å². The van der Waals surface area contributed by atoms with Crippen molar-refractivity contribution in [2.24, 2.45) is 5.92 Å². The van der Waals surface area contributed by atoms with Crippen molar-refractivity contribution in [3.05, 3.63) is 17.5 Å². The first-order chi connectivity index (χ1) is 12.5. The molecule has 0 atom stereocenters. The zero-order valence-electron chi connectivity index (χ0n) is 16.4. The number of aromatic nitrogens is 2. The van der Waals surface area contributed by atoms with Gasteiger partial charge in [-0.15, -0.1) is 0 Å². The topological polar surface area (TPSA) is 58.6 Å². The van der Waals surface area contributed by atoms with E-state index in [0.717, 1.165) is 75.8 Å². The van der Waals surface area contributed by atoms with Crippen LogP contribution < -0.4 is 4.90 Å². The lowest BCUT2D eigenvalue weighted by atomic mass is 9.92. The fourth-order valence-corrected chi connectivity index (χ4v) is 4.07. The van der Waals surface area contributed by atoms with E-state index in [-0.39, 0.29) is 0 Å². The minimum atomic E-state index is 0.320. The Labute approximate surface area is 156 Å². The Bertz CT molecular complexity index is 586. The van der Waals surface area contributed by atoms with Gasteiger partial charge < -0.3 is 14.5 Å². The van der Waals surface area contributed by atoms with Crippen LogP contribution in [0.1, 0.15) is 50.4 Å². The molecule has 0 radical (unpaired) electrons. The summed E-state index contributed by atoms with van der Waals surface area (Å²) in [6, 6.07) is 2.00. The van der Waals surface area contributed by atoms with Gasteiger partial charge in [0.05, 0.1) is 6.10 Å². The van der Waals surface area contributed by atoms with Gasteiger partial charge in [-0.1, -0.05) is 0 Å². The summed E-state index contributed by atoms with van der Waals surface area (Å²) >= 11 is 0. The maximum atomic E-state index is 12.6. The third-order valence-corrected chi connectivity index (χ3v) is 5.53. The Morgan fingerprint density at radius 1 is 1.08 bits per heavy atom. The van der Waals surface area contributed by atoms with Crippen LogP contribution in [-0.2, 0) is 9.53 Å². The summed E-state index contributed by atoms with van der Waals surface area (Å²) < 4.78 is 5.68. The van der Waals surface area contributed by atoms with Crippen LogP contribution in [0.2, 0.25) is 0 Å². The predicted molar refractivity (Wildman–Crippen MR) is 102 cm³/mol. The fourth-order valence-electron chi connectivity index (χ4n) is 4.07. The molecule has 2 aliphatic rings. The summed E-state index contributed by atoms with van der Waals surface area (Å²) in [6.07, 6.45) is 5.05. The number of rotatable bonds is 5. The minimum Gasteiger partial charge on any atom is -0.378 e. The Hall–Kier alpha value is -1.69. The molecule has 0 aromatic carbocycles. The maximum Gasteiger partial charge on any atom is 0.225 e. The van der Waals surface area contributed by atoms with Gasteiger partial charge in [-0.25, -0.2) is 9.97 Å². The summed E-state index contributed by atoms with van der Waals surface area (Å²) in [7, 11) is 0. The lowest BCUT2D eigenvalue weighted by Gasteiger charge is -2.35. The second-order valence-corrected chi connectivity index (χ2v) is 7.62. The molecule has 0 spiro atoms. The van der Waals surface area contributed by atoms with Crippen LogP contribution in [0.25, 0.3) is 0 Å². The van der Waals surface area contributed by atoms with Crippen LogP contribution in [0.4, 0.5) is 5.95 Å². The average molecular weight is 361 g/mol. The third-order valence-electron chi connectivity index (χ3n) is 5.53. The molecule has 144 valence electrons. The molecule has 1 aromatic rings. The number of anilines is 1. The first kappa shape index (κ1) is 19.1. The molecule has 2 aliphatic heterocycles. The normalized spacial score (nSPS) is 19.8. The third kappa shape index (κ3) is 4.93. The molecule has 0 bridgehead atoms. The highest BCUT2D eigenvalue weighted by molar-refractivity contribution is 5.76. The quantitative estimate of drug-likeness (QED) is 0.808. The van der Waals surface area contributed by atoms with E-state index in [1.165, 1.54) is 0 Å². The molecule has 2 fully saturated rings. The average Bonchev–Trinajstić information content (AvgIpc) is 2.62. The predicted octanol–water partition coefficient (Wildman–Crippen LogP) is 2.73. The standard InChI is InChI=1S/C20H32N4O2/c1-4-26-18-7-11-23(12-8-18)19(25)14-17-5-9-24(10-6-17)20-21-15(2)13-16(3)22-20/h13,17-18H,4-12,14H2,1-3H3. The van der Waals surface area contributed by atoms with Gasteiger partial charge in [0, 0.05) is 50.6 Å². The highest BCUT2D eigenvalue weighted by Gasteiger charge is 2.27. The number of amides is 1. The van der Waals surface area contributed by atoms with Crippen LogP contribution in [0.5, 0.6) is 0 Å². The molecule has 6 heteroatoms. The van der Waals surface area contributed by atoms with Gasteiger partial charge in [0.25, 0.3) is 0 Å². The largest absolute Gasteiger partial charge is 0.378 e. The lowest BCUT2D eigenvalue weighted by molar-refractivity contribution is -0.134. The number of aryl methyl sites for hydroxylation is 2. The Morgan fingerprint density at radius 3 is 2.27 bits per heavy atom. The Kier molecular flexibility index (Phi) is 6.46. The van der Waals surface area contributed by atoms with Crippen LogP contribution in [-0.4, -0.2) is 59.7 Å². The molecule has 3 rings (SSSR count). The number of piperidine rings is 2. The molecule has 1 aromatic heterocycles. The Balaban J connectivity index is 1.44. The maximum absolute atomic E-state index is 12.6. The summed E-state index contributed by atoms with van der Waals surface area (Å²) in [5.74, 6) is 1.64. The molecule has 0 N–H and O–H groups in total. The van der Waals surface area contributed by atoms with E-state index in [2.05, 4.69) is 14.9 Å². The van der Waals surface area contributed by atoms with E-state index in [9.17, 15) is 4.79 Å². The highest BCUT2D eigenvalue weighted by Crippen LogP contribution is 2.25. The van der Waals surface area contributed by atoms with E-state index >= 15 is 0 Å². The van der Waals surface area contributed by atoms with Crippen LogP contribution in [0, 0.1) is 19.8 Å². The van der Waals surface area contributed by atoms with Crippen LogP contribution in [0.15, 0.2) is 6.07 Å². The van der Waals surface area contributed by atoms with Gasteiger partial charge in [-0.3, -0.25) is 4.79 Å². The molecule has 0 saturated carbocycles. The van der Waals surface area contributed by atoms with Crippen LogP contribution >= 0.6 is 0 Å². The minimum absolute atomic E-state index is 0.320. The van der Waals surface area contributed by atoms with Gasteiger partial charge in [0.2, 0.25) is 11.9 Å². The summed E-state index contributed by atoms with van der Waals surface area (Å²) in [4.78, 5) is 26.0. The SMILES string of the molecule is CCOC1CCN(C(=O)CC2CCN(c3nc(C)cc(C)n3)CC2)CC1. The van der Waals surface area contributed by atoms with Crippen molar-refractivity contribution in [1.82, 2.24) is 14.9 Å². The fraction of sp³-hybridized carbons (Fsp3) is 0.750. The molecular weight excluding hydrogens is 328 g/mol. The van der Waals surface area contributed by atoms with E-state index in [1.807, 2.05) is 31.7 Å². The van der Waals surface area contributed by atoms with Crippen molar-refractivity contribution in [2.45, 2.75) is 59.0 Å². The molecule has 3 heterocycles. The Morgan fingerprint density at radius 2 is 1.69 bits per heavy atom. The van der Waals surface area contributed by atoms with E-state index < -0.39 is 0 Å². The highest BCUT2D eigenvalue weighted by atomic mass is 16.5. The zero-order chi connectivity index (χ0) is 18.5. The van der Waals surface area contributed by atoms with Crippen molar-refractivity contribution in [1.29, 1.82) is 0 Å². The molecular formula is C20H32N4O2. The monoisotopic (exact) mass is 360 g/mol. The number of hydrogen-bond acceptors (Lipinski definition) is 5. The molecule has 0 unspecified atom stereocenters. The number of carbonyl (C=O) groups excluding carboxylic acids is 1. The smallest absolute Gasteiger partial charge is 0.225 e. The number of nitrogens with zero attached hydrogens (tertiary/aromatic N) is 4. The molecule has 26 heavy (non-hydrogen) atoms. The number of hydrogen-bond donors (Lipinski definition) is 0. The summed E-state index contributed by atoms with van der Waals surface area (Å²) in [5, 5.41) is 0. The van der Waals surface area contributed by atoms with Crippen molar-refractivity contribution < 1.29 is 9.53 Å². The first-order valence-electron chi connectivity index (χ1n) is 10.0. The number of carbonyl (C=O) groups is 1. The van der Waals surface area contributed by atoms with Crippen molar-refractivity contribution in [3.8, 4) is 0 Å². The molecule has 2 saturated heterocycles. The van der Waals surface area contributed by atoms with Gasteiger partial charge in [-0.05, 0) is 58.4 Å². The van der Waals surface area contributed by atoms with Crippen molar-refractivity contribution in [3.63, 3.8) is 0 Å². The lowest BCUT2D eigenvalue weighted by Crippen LogP contribution is -2.42. The van der Waals surface area contributed by atoms with Crippen molar-refractivity contribution in [2.75, 3.05) is 37.7 Å². The van der Waals surface area contributed by atoms with Crippen molar-refractivity contribution >= 4 is 11.9 Å². The molecule has 6 nitrogen and oxygen atoms in total. The summed E-state index contributed by atoms with van der Waals surface area (Å²) in [6.45, 7) is 10.4. The first-order valence-corrected chi connectivity index (χ1v) is 10.0. The van der Waals surface area contributed by atoms with Gasteiger partial charge in [0.15, 0.2) is 0 Å². The van der Waals surface area contributed by atoms with E-state index in [0.29, 0.717) is 24.3 Å². The van der Waals surface area contributed by atoms with E-state index in [4.69, 9.17) is 4.74 Å². The van der Waals surface area contributed by atoms with Gasteiger partial charge in [-0.2, -0.15) is 0 Å². The van der Waals surface area contributed by atoms with Crippen LogP contribution in [0.3, 0.4) is 0 Å². The molecule has 0 aliphatic carbocycles. The second-order valence-electron chi connectivity index (χ2n) is 7.62. The van der Waals surface area contributed by atoms with E-state index in [1.54, 1.807) is 0 Å².